The van der Waals surface area contributed by atoms with Crippen LogP contribution in [0, 0.1) is 18.8 Å². The van der Waals surface area contributed by atoms with Gasteiger partial charge in [-0.05, 0) is 139 Å². The fourth-order valence-corrected chi connectivity index (χ4v) is 6.90. The number of carbonyl (C=O) groups excluding carboxylic acids is 4. The first-order valence-electron chi connectivity index (χ1n) is 19.1. The molecule has 1 saturated carbocycles. The monoisotopic (exact) mass is 766 g/mol. The molecule has 0 unspecified atom stereocenters. The Morgan fingerprint density at radius 2 is 1.64 bits per heavy atom. The lowest BCUT2D eigenvalue weighted by atomic mass is 9.81. The fourth-order valence-electron chi connectivity index (χ4n) is 6.90. The second-order valence-electron chi connectivity index (χ2n) is 15.7. The summed E-state index contributed by atoms with van der Waals surface area (Å²) < 4.78 is 5.38. The number of aromatic amines is 1. The quantitative estimate of drug-likeness (QED) is 0.123. The van der Waals surface area contributed by atoms with E-state index in [1.54, 1.807) is 41.4 Å². The number of rotatable bonds is 15. The number of hydrogen-bond donors (Lipinski definition) is 4. The smallest absolute Gasteiger partial charge is 0.407 e. The lowest BCUT2D eigenvalue weighted by molar-refractivity contribution is -0.127. The molecule has 56 heavy (non-hydrogen) atoms. The minimum absolute atomic E-state index is 0.181. The van der Waals surface area contributed by atoms with E-state index in [0.717, 1.165) is 48.1 Å². The van der Waals surface area contributed by atoms with E-state index in [2.05, 4.69) is 41.1 Å². The number of nitrogens with zero attached hydrogens (tertiary/aromatic N) is 6. The number of alkyl carbamates (subject to hydrolysis) is 1. The van der Waals surface area contributed by atoms with E-state index in [-0.39, 0.29) is 30.1 Å². The van der Waals surface area contributed by atoms with Crippen molar-refractivity contribution in [1.29, 1.82) is 0 Å². The van der Waals surface area contributed by atoms with Crippen molar-refractivity contribution in [1.82, 2.24) is 41.1 Å². The van der Waals surface area contributed by atoms with Crippen molar-refractivity contribution in [3.63, 3.8) is 0 Å². The van der Waals surface area contributed by atoms with Crippen molar-refractivity contribution < 1.29 is 23.9 Å². The fraction of sp³-hybridized carbons (Fsp3) is 0.463. The predicted octanol–water partition coefficient (Wildman–Crippen LogP) is 4.68. The van der Waals surface area contributed by atoms with Gasteiger partial charge >= 0.3 is 6.09 Å². The molecule has 298 valence electrons. The third kappa shape index (κ3) is 11.4. The van der Waals surface area contributed by atoms with E-state index in [0.29, 0.717) is 48.7 Å². The summed E-state index contributed by atoms with van der Waals surface area (Å²) in [4.78, 5) is 60.7. The number of carbonyl (C=O) groups is 4. The van der Waals surface area contributed by atoms with Crippen LogP contribution < -0.4 is 21.3 Å². The molecule has 0 aliphatic heterocycles. The number of nitrogens with one attached hydrogen (secondary N) is 3. The number of primary amides is 1. The maximum Gasteiger partial charge on any atom is 0.407 e. The summed E-state index contributed by atoms with van der Waals surface area (Å²) in [5.74, 6) is -0.760. The van der Waals surface area contributed by atoms with E-state index in [1.807, 2.05) is 66.1 Å². The van der Waals surface area contributed by atoms with Gasteiger partial charge in [-0.3, -0.25) is 24.3 Å². The minimum atomic E-state index is -0.977. The third-order valence-electron chi connectivity index (χ3n) is 9.86. The van der Waals surface area contributed by atoms with Crippen molar-refractivity contribution in [3.05, 3.63) is 77.6 Å². The molecule has 1 fully saturated rings. The van der Waals surface area contributed by atoms with Gasteiger partial charge in [0.05, 0.1) is 0 Å². The molecular formula is C41H54N10O5. The molecule has 1 aliphatic carbocycles. The van der Waals surface area contributed by atoms with Gasteiger partial charge < -0.3 is 26.0 Å². The molecule has 4 amide bonds. The lowest BCUT2D eigenvalue weighted by Gasteiger charge is -2.36. The number of tetrazole rings is 1. The molecule has 0 bridgehead atoms. The van der Waals surface area contributed by atoms with Gasteiger partial charge in [0, 0.05) is 48.4 Å². The van der Waals surface area contributed by atoms with E-state index in [4.69, 9.17) is 10.5 Å². The maximum atomic E-state index is 14.5. The molecule has 4 aromatic rings. The molecular weight excluding hydrogens is 713 g/mol. The van der Waals surface area contributed by atoms with Crippen molar-refractivity contribution >= 4 is 29.5 Å². The van der Waals surface area contributed by atoms with Crippen molar-refractivity contribution in [2.45, 2.75) is 77.9 Å². The minimum Gasteiger partial charge on any atom is -0.444 e. The molecule has 1 aliphatic rings. The molecule has 15 heteroatoms. The van der Waals surface area contributed by atoms with Crippen LogP contribution in [0.15, 0.2) is 60.8 Å². The van der Waals surface area contributed by atoms with Crippen LogP contribution in [-0.2, 0) is 20.7 Å². The second-order valence-corrected chi connectivity index (χ2v) is 15.7. The van der Waals surface area contributed by atoms with Crippen LogP contribution in [0.5, 0.6) is 0 Å². The Kier molecular flexibility index (Phi) is 13.9. The molecule has 2 aromatic carbocycles. The highest BCUT2D eigenvalue weighted by Crippen LogP contribution is 2.33. The van der Waals surface area contributed by atoms with E-state index < -0.39 is 23.6 Å². The molecule has 2 aromatic heterocycles. The first-order valence-corrected chi connectivity index (χ1v) is 19.1. The van der Waals surface area contributed by atoms with Crippen molar-refractivity contribution in [2.75, 3.05) is 38.6 Å². The normalized spacial score (nSPS) is 16.2. The third-order valence-corrected chi connectivity index (χ3v) is 9.86. The number of aromatic nitrogens is 5. The number of ether oxygens (including phenoxy) is 1. The Labute approximate surface area is 328 Å². The predicted molar refractivity (Wildman–Crippen MR) is 213 cm³/mol. The largest absolute Gasteiger partial charge is 0.444 e. The van der Waals surface area contributed by atoms with Crippen LogP contribution in [0.25, 0.3) is 22.5 Å². The summed E-state index contributed by atoms with van der Waals surface area (Å²) in [6, 6.07) is 15.6. The van der Waals surface area contributed by atoms with Gasteiger partial charge in [-0.25, -0.2) is 4.79 Å². The highest BCUT2D eigenvalue weighted by atomic mass is 16.6. The molecule has 0 radical (unpaired) electrons. The Bertz CT molecular complexity index is 1930. The summed E-state index contributed by atoms with van der Waals surface area (Å²) in [5.41, 5.74) is 10.6. The molecule has 0 spiro atoms. The van der Waals surface area contributed by atoms with E-state index >= 15 is 0 Å². The Hall–Kier alpha value is -5.70. The summed E-state index contributed by atoms with van der Waals surface area (Å²) in [6.45, 7) is 9.31. The number of aryl methyl sites for hydroxylation is 1. The number of nitrogens with two attached hydrogens (primary N) is 1. The number of benzene rings is 2. The maximum absolute atomic E-state index is 14.5. The zero-order valence-electron chi connectivity index (χ0n) is 33.2. The SMILES string of the molecule is Cc1cc(C(=O)NCCCN(C)C)ncc1-c1ccc(C[C@@H](C(N)=O)N(C(=O)C2CCC(CNC(=O)OC(C)(C)C)CC2)c2ccc(-c3nn[nH]n3)cc2)cc1. The zero-order valence-corrected chi connectivity index (χ0v) is 33.2. The molecule has 5 N–H and O–H groups in total. The highest BCUT2D eigenvalue weighted by Gasteiger charge is 2.36. The zero-order chi connectivity index (χ0) is 40.4. The van der Waals surface area contributed by atoms with Crippen LogP contribution in [0.3, 0.4) is 0 Å². The lowest BCUT2D eigenvalue weighted by Crippen LogP contribution is -2.52. The summed E-state index contributed by atoms with van der Waals surface area (Å²) >= 11 is 0. The van der Waals surface area contributed by atoms with Gasteiger partial charge in [0.25, 0.3) is 5.91 Å². The van der Waals surface area contributed by atoms with Crippen LogP contribution in [0.2, 0.25) is 0 Å². The van der Waals surface area contributed by atoms with E-state index in [9.17, 15) is 19.2 Å². The van der Waals surface area contributed by atoms with E-state index in [1.165, 1.54) is 0 Å². The molecule has 2 heterocycles. The van der Waals surface area contributed by atoms with Gasteiger partial charge in [-0.1, -0.05) is 24.3 Å². The Morgan fingerprint density at radius 1 is 0.964 bits per heavy atom. The number of anilines is 1. The summed E-state index contributed by atoms with van der Waals surface area (Å²) in [7, 11) is 3.99. The highest BCUT2D eigenvalue weighted by molar-refractivity contribution is 6.02. The van der Waals surface area contributed by atoms with Gasteiger partial charge in [-0.2, -0.15) is 5.21 Å². The van der Waals surface area contributed by atoms with Gasteiger partial charge in [0.1, 0.15) is 17.3 Å². The summed E-state index contributed by atoms with van der Waals surface area (Å²) in [6.07, 6.45) is 4.93. The van der Waals surface area contributed by atoms with Crippen molar-refractivity contribution in [2.24, 2.45) is 17.6 Å². The topological polar surface area (TPSA) is 201 Å². The van der Waals surface area contributed by atoms with Crippen LogP contribution in [0.4, 0.5) is 10.5 Å². The first-order chi connectivity index (χ1) is 26.7. The number of hydrogen-bond acceptors (Lipinski definition) is 10. The molecule has 5 rings (SSSR count). The van der Waals surface area contributed by atoms with Gasteiger partial charge in [-0.15, -0.1) is 10.2 Å². The van der Waals surface area contributed by atoms with Crippen LogP contribution in [-0.4, -0.2) is 99.7 Å². The molecule has 15 nitrogen and oxygen atoms in total. The number of pyridine rings is 1. The average molecular weight is 767 g/mol. The van der Waals surface area contributed by atoms with Crippen LogP contribution >= 0.6 is 0 Å². The Balaban J connectivity index is 1.31. The average Bonchev–Trinajstić information content (AvgIpc) is 3.71. The van der Waals surface area contributed by atoms with Crippen LogP contribution in [0.1, 0.15) is 74.5 Å². The number of H-pyrrole nitrogens is 1. The second kappa shape index (κ2) is 18.8. The Morgan fingerprint density at radius 3 is 2.23 bits per heavy atom. The standard InChI is InChI=1S/C41H54N10O5/c1-26-22-34(38(53)43-20-7-21-50(5)6)44-25-33(26)29-12-8-27(9-13-29)23-35(36(42)52)51(32-18-16-30(17-19-32)37-46-48-49-47-37)39(54)31-14-10-28(11-15-31)24-45-40(55)56-41(2,3)4/h8-9,12-13,16-19,22,25,28,31,35H,7,10-11,14-15,20-21,23-24H2,1-6H3,(H2,42,52)(H,43,53)(H,45,55)(H,46,47,48,49)/t28?,31?,35-/m0/s1. The van der Waals surface area contributed by atoms with Gasteiger partial charge in [0.15, 0.2) is 0 Å². The summed E-state index contributed by atoms with van der Waals surface area (Å²) in [5, 5.41) is 20.0. The number of amides is 4. The molecule has 0 saturated heterocycles. The molecule has 1 atom stereocenters. The first kappa shape index (κ1) is 41.5. The van der Waals surface area contributed by atoms with Crippen molar-refractivity contribution in [3.8, 4) is 22.5 Å². The van der Waals surface area contributed by atoms with Gasteiger partial charge in [0.2, 0.25) is 17.6 Å².